The van der Waals surface area contributed by atoms with Gasteiger partial charge in [-0.05, 0) is 36.2 Å². The van der Waals surface area contributed by atoms with E-state index in [-0.39, 0.29) is 18.0 Å². The number of carbonyl (C=O) groups is 4. The fourth-order valence-electron chi connectivity index (χ4n) is 3.35. The molecule has 33 heavy (non-hydrogen) atoms. The number of amides is 3. The number of nitrogens with zero attached hydrogens (tertiary/aromatic N) is 2. The van der Waals surface area contributed by atoms with Crippen LogP contribution in [0.25, 0.3) is 5.69 Å². The third kappa shape index (κ3) is 6.13. The van der Waals surface area contributed by atoms with Crippen LogP contribution in [0.1, 0.15) is 34.2 Å². The number of rotatable bonds is 9. The first kappa shape index (κ1) is 23.4. The number of aromatic nitrogens is 2. The lowest BCUT2D eigenvalue weighted by Gasteiger charge is -2.17. The van der Waals surface area contributed by atoms with Crippen molar-refractivity contribution >= 4 is 23.5 Å². The summed E-state index contributed by atoms with van der Waals surface area (Å²) in [6, 6.07) is 16.7. The maximum absolute atomic E-state index is 13.1. The van der Waals surface area contributed by atoms with Crippen LogP contribution in [0.3, 0.4) is 0 Å². The van der Waals surface area contributed by atoms with Gasteiger partial charge in [-0.25, -0.2) is 4.68 Å². The number of hydrogen-bond acceptors (Lipinski definition) is 5. The zero-order chi connectivity index (χ0) is 24.0. The van der Waals surface area contributed by atoms with Crippen LogP contribution in [-0.2, 0) is 27.3 Å². The second kappa shape index (κ2) is 10.4. The Morgan fingerprint density at radius 3 is 2.36 bits per heavy atom. The molecule has 3 rings (SSSR count). The molecule has 170 valence electrons. The van der Waals surface area contributed by atoms with Crippen LogP contribution in [0.4, 0.5) is 0 Å². The van der Waals surface area contributed by atoms with Gasteiger partial charge in [-0.3, -0.25) is 19.2 Å². The molecule has 0 saturated heterocycles. The van der Waals surface area contributed by atoms with E-state index in [0.717, 1.165) is 11.1 Å². The topological polar surface area (TPSA) is 136 Å². The molecule has 0 fully saturated rings. The van der Waals surface area contributed by atoms with Crippen molar-refractivity contribution in [3.05, 3.63) is 83.2 Å². The molecule has 3 aromatic rings. The van der Waals surface area contributed by atoms with E-state index in [1.54, 1.807) is 55.5 Å². The molecule has 9 heteroatoms. The minimum atomic E-state index is -1.12. The third-order valence-corrected chi connectivity index (χ3v) is 4.91. The van der Waals surface area contributed by atoms with Crippen molar-refractivity contribution in [3.8, 4) is 5.69 Å². The molecule has 0 saturated carbocycles. The molecule has 0 aliphatic heterocycles. The van der Waals surface area contributed by atoms with Gasteiger partial charge in [0.15, 0.2) is 0 Å². The number of aryl methyl sites for hydroxylation is 1. The van der Waals surface area contributed by atoms with Gasteiger partial charge < -0.3 is 16.4 Å². The summed E-state index contributed by atoms with van der Waals surface area (Å²) in [5.41, 5.74) is 8.20. The predicted octanol–water partition coefficient (Wildman–Crippen LogP) is 1.21. The van der Waals surface area contributed by atoms with Crippen LogP contribution < -0.4 is 16.4 Å². The zero-order valence-electron chi connectivity index (χ0n) is 18.4. The Labute approximate surface area is 191 Å². The Balaban J connectivity index is 1.88. The Hall–Kier alpha value is -4.27. The van der Waals surface area contributed by atoms with Gasteiger partial charge in [0.1, 0.15) is 11.7 Å². The normalized spacial score (nSPS) is 11.5. The number of Topliss-reactive ketones (excluding diaryl/α,β-unsaturated/α-hetero) is 1. The first-order chi connectivity index (χ1) is 15.7. The lowest BCUT2D eigenvalue weighted by atomic mass is 10.0. The maximum atomic E-state index is 13.1. The van der Waals surface area contributed by atoms with E-state index in [1.807, 2.05) is 12.1 Å². The monoisotopic (exact) mass is 447 g/mol. The van der Waals surface area contributed by atoms with Crippen molar-refractivity contribution in [2.75, 3.05) is 0 Å². The van der Waals surface area contributed by atoms with Crippen LogP contribution in [0, 0.1) is 6.92 Å². The Bertz CT molecular complexity index is 1190. The highest BCUT2D eigenvalue weighted by Crippen LogP contribution is 2.15. The van der Waals surface area contributed by atoms with E-state index in [0.29, 0.717) is 17.9 Å². The quantitative estimate of drug-likeness (QED) is 0.424. The van der Waals surface area contributed by atoms with Gasteiger partial charge in [0.05, 0.1) is 11.4 Å². The molecule has 0 bridgehead atoms. The largest absolute Gasteiger partial charge is 0.363 e. The predicted molar refractivity (Wildman–Crippen MR) is 121 cm³/mol. The van der Waals surface area contributed by atoms with Gasteiger partial charge in [0, 0.05) is 19.9 Å². The van der Waals surface area contributed by atoms with Crippen LogP contribution in [0.15, 0.2) is 60.7 Å². The van der Waals surface area contributed by atoms with Gasteiger partial charge in [-0.2, -0.15) is 5.10 Å². The number of carbonyl (C=O) groups excluding carboxylic acids is 4. The summed E-state index contributed by atoms with van der Waals surface area (Å²) in [4.78, 5) is 48.3. The highest BCUT2D eigenvalue weighted by Gasteiger charge is 2.27. The van der Waals surface area contributed by atoms with E-state index in [4.69, 9.17) is 5.73 Å². The second-order valence-corrected chi connectivity index (χ2v) is 7.61. The van der Waals surface area contributed by atoms with E-state index in [9.17, 15) is 19.2 Å². The van der Waals surface area contributed by atoms with Crippen LogP contribution in [-0.4, -0.2) is 39.3 Å². The average molecular weight is 447 g/mol. The maximum Gasteiger partial charge on any atom is 0.287 e. The Morgan fingerprint density at radius 1 is 1.00 bits per heavy atom. The summed E-state index contributed by atoms with van der Waals surface area (Å²) >= 11 is 0. The molecule has 0 radical (unpaired) electrons. The number of primary amides is 1. The molecule has 0 unspecified atom stereocenters. The number of ketones is 1. The highest BCUT2D eigenvalue weighted by atomic mass is 16.2. The lowest BCUT2D eigenvalue weighted by molar-refractivity contribution is -0.137. The number of benzene rings is 2. The van der Waals surface area contributed by atoms with Crippen LogP contribution >= 0.6 is 0 Å². The fraction of sp³-hybridized carbons (Fsp3) is 0.208. The van der Waals surface area contributed by atoms with Crippen molar-refractivity contribution in [1.82, 2.24) is 20.4 Å². The molecule has 3 amide bonds. The number of nitrogens with two attached hydrogens (primary N) is 1. The van der Waals surface area contributed by atoms with Gasteiger partial charge in [0.25, 0.3) is 11.8 Å². The first-order valence-corrected chi connectivity index (χ1v) is 10.3. The molecule has 9 nitrogen and oxygen atoms in total. The smallest absolute Gasteiger partial charge is 0.287 e. The van der Waals surface area contributed by atoms with Crippen molar-refractivity contribution in [3.63, 3.8) is 0 Å². The summed E-state index contributed by atoms with van der Waals surface area (Å²) in [7, 11) is 0. The molecule has 0 spiro atoms. The number of nitrogens with one attached hydrogen (secondary N) is 2. The molecule has 4 N–H and O–H groups in total. The van der Waals surface area contributed by atoms with Gasteiger partial charge in [0.2, 0.25) is 11.7 Å². The van der Waals surface area contributed by atoms with Crippen LogP contribution in [0.5, 0.6) is 0 Å². The molecular weight excluding hydrogens is 422 g/mol. The fourth-order valence-corrected chi connectivity index (χ4v) is 3.35. The van der Waals surface area contributed by atoms with Crippen molar-refractivity contribution in [2.24, 2.45) is 5.73 Å². The van der Waals surface area contributed by atoms with E-state index in [2.05, 4.69) is 15.7 Å². The average Bonchev–Trinajstić information content (AvgIpc) is 3.19. The Morgan fingerprint density at radius 2 is 1.70 bits per heavy atom. The lowest BCUT2D eigenvalue weighted by Crippen LogP contribution is -2.47. The third-order valence-electron chi connectivity index (χ3n) is 4.91. The number of hydrogen-bond donors (Lipinski definition) is 3. The van der Waals surface area contributed by atoms with E-state index >= 15 is 0 Å². The summed E-state index contributed by atoms with van der Waals surface area (Å²) in [6.07, 6.45) is 0.119. The standard InChI is InChI=1S/C24H25N5O4/c1-15-11-21(29(28-15)19-10-6-9-18(12-19)14-26-16(2)30)24(33)27-20(22(31)23(25)32)13-17-7-4-3-5-8-17/h3-12,20H,13-14H2,1-2H3,(H2,25,32)(H,26,30)(H,27,33)/t20-/m0/s1. The molecular formula is C24H25N5O4. The second-order valence-electron chi connectivity index (χ2n) is 7.61. The molecule has 0 aliphatic rings. The van der Waals surface area contributed by atoms with E-state index < -0.39 is 23.6 Å². The van der Waals surface area contributed by atoms with Crippen LogP contribution in [0.2, 0.25) is 0 Å². The highest BCUT2D eigenvalue weighted by molar-refractivity contribution is 6.38. The van der Waals surface area contributed by atoms with Gasteiger partial charge in [-0.15, -0.1) is 0 Å². The minimum absolute atomic E-state index is 0.119. The summed E-state index contributed by atoms with van der Waals surface area (Å²) in [5.74, 6) is -2.73. The van der Waals surface area contributed by atoms with Gasteiger partial charge in [-0.1, -0.05) is 42.5 Å². The van der Waals surface area contributed by atoms with Crippen molar-refractivity contribution < 1.29 is 19.2 Å². The molecule has 1 aromatic heterocycles. The Kier molecular flexibility index (Phi) is 7.34. The van der Waals surface area contributed by atoms with Gasteiger partial charge >= 0.3 is 0 Å². The summed E-state index contributed by atoms with van der Waals surface area (Å²) < 4.78 is 1.45. The SMILES string of the molecule is CC(=O)NCc1cccc(-n2nc(C)cc2C(=O)N[C@@H](Cc2ccccc2)C(=O)C(N)=O)c1. The van der Waals surface area contributed by atoms with Crippen molar-refractivity contribution in [2.45, 2.75) is 32.9 Å². The molecule has 1 heterocycles. The van der Waals surface area contributed by atoms with Crippen molar-refractivity contribution in [1.29, 1.82) is 0 Å². The first-order valence-electron chi connectivity index (χ1n) is 10.3. The molecule has 2 aromatic carbocycles. The summed E-state index contributed by atoms with van der Waals surface area (Å²) in [5, 5.41) is 9.76. The zero-order valence-corrected chi connectivity index (χ0v) is 18.4. The molecule has 1 atom stereocenters. The summed E-state index contributed by atoms with van der Waals surface area (Å²) in [6.45, 7) is 3.50. The van der Waals surface area contributed by atoms with E-state index in [1.165, 1.54) is 11.6 Å². The minimum Gasteiger partial charge on any atom is -0.363 e. The molecule has 0 aliphatic carbocycles.